The van der Waals surface area contributed by atoms with Gasteiger partial charge in [-0.25, -0.2) is 4.98 Å². The molecule has 0 radical (unpaired) electrons. The first-order valence-corrected chi connectivity index (χ1v) is 6.73. The molecule has 0 atom stereocenters. The molecule has 0 spiro atoms. The maximum Gasteiger partial charge on any atom is 0.272 e. The van der Waals surface area contributed by atoms with Crippen LogP contribution < -0.4 is 5.32 Å². The molecule has 0 aliphatic carbocycles. The van der Waals surface area contributed by atoms with Crippen LogP contribution in [0.15, 0.2) is 18.2 Å². The lowest BCUT2D eigenvalue weighted by atomic mass is 10.3. The highest BCUT2D eigenvalue weighted by Gasteiger charge is 2.14. The van der Waals surface area contributed by atoms with E-state index in [2.05, 4.69) is 24.1 Å². The largest absolute Gasteiger partial charge is 0.370 e. The SMILES string of the molecule is CCCNc1cccc(C(=O)N(CC)CCC)n1. The topological polar surface area (TPSA) is 45.2 Å². The molecule has 0 saturated carbocycles. The first-order valence-electron chi connectivity index (χ1n) is 6.73. The fourth-order valence-electron chi connectivity index (χ4n) is 1.74. The normalized spacial score (nSPS) is 10.2. The van der Waals surface area contributed by atoms with Gasteiger partial charge >= 0.3 is 0 Å². The van der Waals surface area contributed by atoms with Crippen molar-refractivity contribution in [3.05, 3.63) is 23.9 Å². The molecule has 4 nitrogen and oxygen atoms in total. The first-order chi connectivity index (χ1) is 8.72. The zero-order valence-electron chi connectivity index (χ0n) is 11.6. The van der Waals surface area contributed by atoms with E-state index in [1.54, 1.807) is 6.07 Å². The van der Waals surface area contributed by atoms with Gasteiger partial charge in [-0.1, -0.05) is 19.9 Å². The van der Waals surface area contributed by atoms with E-state index in [9.17, 15) is 4.79 Å². The van der Waals surface area contributed by atoms with Crippen molar-refractivity contribution in [2.75, 3.05) is 25.0 Å². The third kappa shape index (κ3) is 4.02. The Bertz CT molecular complexity index is 379. The minimum Gasteiger partial charge on any atom is -0.370 e. The molecule has 0 saturated heterocycles. The number of hydrogen-bond donors (Lipinski definition) is 1. The van der Waals surface area contributed by atoms with E-state index in [1.807, 2.05) is 24.0 Å². The van der Waals surface area contributed by atoms with Crippen molar-refractivity contribution >= 4 is 11.7 Å². The number of amides is 1. The van der Waals surface area contributed by atoms with Crippen molar-refractivity contribution in [3.8, 4) is 0 Å². The summed E-state index contributed by atoms with van der Waals surface area (Å²) in [7, 11) is 0. The summed E-state index contributed by atoms with van der Waals surface area (Å²) in [6.07, 6.45) is 2.00. The van der Waals surface area contributed by atoms with Crippen LogP contribution in [0.2, 0.25) is 0 Å². The lowest BCUT2D eigenvalue weighted by Crippen LogP contribution is -2.32. The summed E-state index contributed by atoms with van der Waals surface area (Å²) in [4.78, 5) is 18.4. The number of aromatic nitrogens is 1. The molecule has 1 rings (SSSR count). The maximum absolute atomic E-state index is 12.2. The van der Waals surface area contributed by atoms with Crippen LogP contribution >= 0.6 is 0 Å². The Kier molecular flexibility index (Phi) is 6.19. The Morgan fingerprint density at radius 3 is 2.67 bits per heavy atom. The summed E-state index contributed by atoms with van der Waals surface area (Å²) in [5, 5.41) is 3.20. The lowest BCUT2D eigenvalue weighted by Gasteiger charge is -2.19. The molecule has 1 aromatic rings. The van der Waals surface area contributed by atoms with E-state index in [0.29, 0.717) is 5.69 Å². The number of nitrogens with one attached hydrogen (secondary N) is 1. The van der Waals surface area contributed by atoms with Crippen LogP contribution in [-0.4, -0.2) is 35.4 Å². The highest BCUT2D eigenvalue weighted by molar-refractivity contribution is 5.92. The van der Waals surface area contributed by atoms with Crippen LogP contribution in [0.25, 0.3) is 0 Å². The summed E-state index contributed by atoms with van der Waals surface area (Å²) in [6.45, 7) is 8.54. The van der Waals surface area contributed by atoms with E-state index >= 15 is 0 Å². The Balaban J connectivity index is 2.78. The summed E-state index contributed by atoms with van der Waals surface area (Å²) in [5.74, 6) is 0.787. The highest BCUT2D eigenvalue weighted by Crippen LogP contribution is 2.08. The second kappa shape index (κ2) is 7.69. The minimum atomic E-state index is 0.0134. The van der Waals surface area contributed by atoms with E-state index in [1.165, 1.54) is 0 Å². The third-order valence-corrected chi connectivity index (χ3v) is 2.69. The molecular weight excluding hydrogens is 226 g/mol. The summed E-state index contributed by atoms with van der Waals surface area (Å²) >= 11 is 0. The number of anilines is 1. The quantitative estimate of drug-likeness (QED) is 0.808. The van der Waals surface area contributed by atoms with Gasteiger partial charge in [0.1, 0.15) is 11.5 Å². The van der Waals surface area contributed by atoms with Crippen molar-refractivity contribution in [1.82, 2.24) is 9.88 Å². The number of pyridine rings is 1. The lowest BCUT2D eigenvalue weighted by molar-refractivity contribution is 0.0758. The van der Waals surface area contributed by atoms with Crippen LogP contribution in [-0.2, 0) is 0 Å². The van der Waals surface area contributed by atoms with Gasteiger partial charge in [0, 0.05) is 19.6 Å². The second-order valence-corrected chi connectivity index (χ2v) is 4.22. The van der Waals surface area contributed by atoms with Crippen molar-refractivity contribution in [3.63, 3.8) is 0 Å². The van der Waals surface area contributed by atoms with Gasteiger partial charge in [0.05, 0.1) is 0 Å². The summed E-state index contributed by atoms with van der Waals surface area (Å²) in [6, 6.07) is 5.54. The van der Waals surface area contributed by atoms with Gasteiger partial charge in [-0.05, 0) is 31.9 Å². The Morgan fingerprint density at radius 2 is 2.06 bits per heavy atom. The molecule has 100 valence electrons. The van der Waals surface area contributed by atoms with Crippen LogP contribution in [0.4, 0.5) is 5.82 Å². The molecular formula is C14H23N3O. The van der Waals surface area contributed by atoms with Gasteiger partial charge in [-0.2, -0.15) is 0 Å². The van der Waals surface area contributed by atoms with Gasteiger partial charge in [0.15, 0.2) is 0 Å². The van der Waals surface area contributed by atoms with E-state index in [0.717, 1.165) is 38.3 Å². The molecule has 1 amide bonds. The van der Waals surface area contributed by atoms with Gasteiger partial charge < -0.3 is 10.2 Å². The minimum absolute atomic E-state index is 0.0134. The number of rotatable bonds is 7. The van der Waals surface area contributed by atoms with Crippen molar-refractivity contribution < 1.29 is 4.79 Å². The summed E-state index contributed by atoms with van der Waals surface area (Å²) < 4.78 is 0. The molecule has 0 unspecified atom stereocenters. The third-order valence-electron chi connectivity index (χ3n) is 2.69. The zero-order chi connectivity index (χ0) is 13.4. The molecule has 0 aliphatic rings. The van der Waals surface area contributed by atoms with Crippen LogP contribution in [0.1, 0.15) is 44.1 Å². The molecule has 4 heteroatoms. The van der Waals surface area contributed by atoms with Crippen molar-refractivity contribution in [2.24, 2.45) is 0 Å². The van der Waals surface area contributed by atoms with Crippen LogP contribution in [0, 0.1) is 0 Å². The smallest absolute Gasteiger partial charge is 0.272 e. The van der Waals surface area contributed by atoms with Gasteiger partial charge in [-0.3, -0.25) is 4.79 Å². The van der Waals surface area contributed by atoms with Gasteiger partial charge in [0.25, 0.3) is 5.91 Å². The van der Waals surface area contributed by atoms with Crippen LogP contribution in [0.5, 0.6) is 0 Å². The molecule has 0 bridgehead atoms. The van der Waals surface area contributed by atoms with Crippen molar-refractivity contribution in [2.45, 2.75) is 33.6 Å². The Labute approximate surface area is 109 Å². The zero-order valence-corrected chi connectivity index (χ0v) is 11.6. The standard InChI is InChI=1S/C14H23N3O/c1-4-10-15-13-9-7-8-12(16-13)14(18)17(6-3)11-5-2/h7-9H,4-6,10-11H2,1-3H3,(H,15,16). The highest BCUT2D eigenvalue weighted by atomic mass is 16.2. The monoisotopic (exact) mass is 249 g/mol. The van der Waals surface area contributed by atoms with E-state index in [-0.39, 0.29) is 5.91 Å². The van der Waals surface area contributed by atoms with Crippen molar-refractivity contribution in [1.29, 1.82) is 0 Å². The molecule has 1 N–H and O–H groups in total. The number of hydrogen-bond acceptors (Lipinski definition) is 3. The fourth-order valence-corrected chi connectivity index (χ4v) is 1.74. The Morgan fingerprint density at radius 1 is 1.28 bits per heavy atom. The molecule has 0 aromatic carbocycles. The predicted molar refractivity (Wildman–Crippen MR) is 74.9 cm³/mol. The summed E-state index contributed by atoms with van der Waals surface area (Å²) in [5.41, 5.74) is 0.520. The van der Waals surface area contributed by atoms with E-state index in [4.69, 9.17) is 0 Å². The first kappa shape index (κ1) is 14.5. The number of carbonyl (C=O) groups excluding carboxylic acids is 1. The fraction of sp³-hybridized carbons (Fsp3) is 0.571. The molecule has 1 aromatic heterocycles. The Hall–Kier alpha value is -1.58. The number of carbonyl (C=O) groups is 1. The molecule has 0 aliphatic heterocycles. The average molecular weight is 249 g/mol. The molecule has 1 heterocycles. The average Bonchev–Trinajstić information content (AvgIpc) is 2.42. The second-order valence-electron chi connectivity index (χ2n) is 4.22. The molecule has 0 fully saturated rings. The predicted octanol–water partition coefficient (Wildman–Crippen LogP) is 2.78. The van der Waals surface area contributed by atoms with Crippen LogP contribution in [0.3, 0.4) is 0 Å². The van der Waals surface area contributed by atoms with Gasteiger partial charge in [0.2, 0.25) is 0 Å². The number of nitrogens with zero attached hydrogens (tertiary/aromatic N) is 2. The maximum atomic E-state index is 12.2. The van der Waals surface area contributed by atoms with Gasteiger partial charge in [-0.15, -0.1) is 0 Å². The van der Waals surface area contributed by atoms with E-state index < -0.39 is 0 Å². The molecule has 18 heavy (non-hydrogen) atoms.